The highest BCUT2D eigenvalue weighted by Crippen LogP contribution is 2.45. The third-order valence-corrected chi connectivity index (χ3v) is 6.66. The first kappa shape index (κ1) is 23.5. The van der Waals surface area contributed by atoms with Gasteiger partial charge in [0.2, 0.25) is 0 Å². The first-order chi connectivity index (χ1) is 17.6. The van der Waals surface area contributed by atoms with Crippen LogP contribution in [0.2, 0.25) is 0 Å². The number of esters is 1. The highest BCUT2D eigenvalue weighted by molar-refractivity contribution is 6.04. The van der Waals surface area contributed by atoms with E-state index < -0.39 is 11.9 Å². The van der Waals surface area contributed by atoms with Crippen LogP contribution in [0.5, 0.6) is 5.75 Å². The molecule has 0 amide bonds. The van der Waals surface area contributed by atoms with Crippen molar-refractivity contribution in [1.82, 2.24) is 10.3 Å². The maximum atomic E-state index is 13.6. The van der Waals surface area contributed by atoms with Crippen molar-refractivity contribution in [2.45, 2.75) is 31.6 Å². The lowest BCUT2D eigenvalue weighted by atomic mass is 9.72. The van der Waals surface area contributed by atoms with Crippen LogP contribution in [-0.4, -0.2) is 30.0 Å². The van der Waals surface area contributed by atoms with Gasteiger partial charge < -0.3 is 14.8 Å². The molecule has 0 fully saturated rings. The Bertz CT molecular complexity index is 1300. The summed E-state index contributed by atoms with van der Waals surface area (Å²) in [6.45, 7) is 2.19. The van der Waals surface area contributed by atoms with Gasteiger partial charge in [0.1, 0.15) is 19.0 Å². The number of dihydropyridines is 1. The predicted molar refractivity (Wildman–Crippen MR) is 136 cm³/mol. The molecule has 2 aromatic carbocycles. The van der Waals surface area contributed by atoms with Gasteiger partial charge in [0, 0.05) is 41.7 Å². The average Bonchev–Trinajstić information content (AvgIpc) is 2.91. The molecule has 6 nitrogen and oxygen atoms in total. The number of allylic oxidation sites excluding steroid dienone is 3. The molecule has 36 heavy (non-hydrogen) atoms. The SMILES string of the molecule is CC1=C(C(=O)OCCOc2ccccc2)[C@H](c2cccnc2)C2=C(C[C@@H](c3ccccc3)CC2=O)N1. The first-order valence-electron chi connectivity index (χ1n) is 12.2. The summed E-state index contributed by atoms with van der Waals surface area (Å²) in [6, 6.07) is 23.2. The summed E-state index contributed by atoms with van der Waals surface area (Å²) >= 11 is 0. The number of hydrogen-bond acceptors (Lipinski definition) is 6. The Morgan fingerprint density at radius 2 is 1.67 bits per heavy atom. The van der Waals surface area contributed by atoms with Crippen molar-refractivity contribution >= 4 is 11.8 Å². The van der Waals surface area contributed by atoms with Gasteiger partial charge in [0.25, 0.3) is 0 Å². The lowest BCUT2D eigenvalue weighted by molar-refractivity contribution is -0.140. The summed E-state index contributed by atoms with van der Waals surface area (Å²) in [5.41, 5.74) is 4.57. The summed E-state index contributed by atoms with van der Waals surface area (Å²) in [6.07, 6.45) is 4.50. The molecule has 2 aliphatic rings. The van der Waals surface area contributed by atoms with Gasteiger partial charge in [0.05, 0.1) is 5.57 Å². The minimum atomic E-state index is -0.526. The third kappa shape index (κ3) is 4.93. The highest BCUT2D eigenvalue weighted by atomic mass is 16.6. The summed E-state index contributed by atoms with van der Waals surface area (Å²) in [5.74, 6) is -0.142. The molecule has 5 rings (SSSR count). The van der Waals surface area contributed by atoms with Crippen LogP contribution in [0.1, 0.15) is 42.7 Å². The van der Waals surface area contributed by atoms with E-state index in [4.69, 9.17) is 9.47 Å². The number of ketones is 1. The van der Waals surface area contributed by atoms with Crippen LogP contribution in [-0.2, 0) is 14.3 Å². The van der Waals surface area contributed by atoms with Crippen LogP contribution < -0.4 is 10.1 Å². The smallest absolute Gasteiger partial charge is 0.336 e. The lowest BCUT2D eigenvalue weighted by Crippen LogP contribution is -2.36. The molecule has 0 saturated heterocycles. The molecular weight excluding hydrogens is 452 g/mol. The number of para-hydroxylation sites is 1. The second-order valence-corrected chi connectivity index (χ2v) is 9.01. The second-order valence-electron chi connectivity index (χ2n) is 9.01. The number of carbonyl (C=O) groups is 2. The molecule has 1 aliphatic carbocycles. The van der Waals surface area contributed by atoms with Crippen molar-refractivity contribution in [3.05, 3.63) is 119 Å². The maximum absolute atomic E-state index is 13.6. The molecule has 182 valence electrons. The Balaban J connectivity index is 1.39. The van der Waals surface area contributed by atoms with E-state index in [2.05, 4.69) is 22.4 Å². The van der Waals surface area contributed by atoms with Gasteiger partial charge in [-0.05, 0) is 48.6 Å². The molecule has 1 aliphatic heterocycles. The van der Waals surface area contributed by atoms with E-state index in [1.54, 1.807) is 12.4 Å². The normalized spacial score (nSPS) is 19.4. The Morgan fingerprint density at radius 3 is 2.39 bits per heavy atom. The van der Waals surface area contributed by atoms with E-state index in [0.717, 1.165) is 16.8 Å². The minimum Gasteiger partial charge on any atom is -0.490 e. The number of Topliss-reactive ketones (excluding diaryl/α,β-unsaturated/α-hetero) is 1. The Kier molecular flexibility index (Phi) is 6.94. The number of carbonyl (C=O) groups excluding carboxylic acids is 2. The quantitative estimate of drug-likeness (QED) is 0.376. The van der Waals surface area contributed by atoms with Crippen LogP contribution in [0.3, 0.4) is 0 Å². The number of aromatic nitrogens is 1. The molecule has 0 bridgehead atoms. The molecule has 1 N–H and O–H groups in total. The maximum Gasteiger partial charge on any atom is 0.336 e. The number of pyridine rings is 1. The van der Waals surface area contributed by atoms with E-state index >= 15 is 0 Å². The van der Waals surface area contributed by atoms with Gasteiger partial charge in [-0.3, -0.25) is 9.78 Å². The number of hydrogen-bond donors (Lipinski definition) is 1. The zero-order chi connectivity index (χ0) is 24.9. The van der Waals surface area contributed by atoms with Crippen molar-refractivity contribution in [1.29, 1.82) is 0 Å². The second kappa shape index (κ2) is 10.6. The summed E-state index contributed by atoms with van der Waals surface area (Å²) in [4.78, 5) is 31.2. The fourth-order valence-corrected chi connectivity index (χ4v) is 5.04. The zero-order valence-electron chi connectivity index (χ0n) is 20.1. The molecule has 6 heteroatoms. The van der Waals surface area contributed by atoms with E-state index in [1.165, 1.54) is 0 Å². The molecule has 3 aromatic rings. The topological polar surface area (TPSA) is 77.5 Å². The number of ether oxygens (including phenoxy) is 2. The molecular formula is C30H28N2O4. The van der Waals surface area contributed by atoms with Gasteiger partial charge >= 0.3 is 5.97 Å². The van der Waals surface area contributed by atoms with Crippen molar-refractivity contribution in [2.75, 3.05) is 13.2 Å². The van der Waals surface area contributed by atoms with Gasteiger partial charge in [-0.15, -0.1) is 0 Å². The lowest BCUT2D eigenvalue weighted by Gasteiger charge is -2.36. The number of benzene rings is 2. The summed E-state index contributed by atoms with van der Waals surface area (Å²) in [7, 11) is 0. The van der Waals surface area contributed by atoms with E-state index in [9.17, 15) is 9.59 Å². The number of rotatable bonds is 7. The van der Waals surface area contributed by atoms with Gasteiger partial charge in [-0.1, -0.05) is 54.6 Å². The standard InChI is InChI=1S/C30H28N2O4/c1-20-27(30(34)36-16-15-35-24-12-6-3-7-13-24)28(22-11-8-14-31-19-22)29-25(32-20)17-23(18-26(29)33)21-9-4-2-5-10-21/h2-14,19,23,28,32H,15-18H2,1H3/t23-,28+/m1/s1. The highest BCUT2D eigenvalue weighted by Gasteiger charge is 2.41. The van der Waals surface area contributed by atoms with Crippen LogP contribution >= 0.6 is 0 Å². The number of nitrogens with zero attached hydrogens (tertiary/aromatic N) is 1. The van der Waals surface area contributed by atoms with E-state index in [0.29, 0.717) is 35.4 Å². The Hall–Kier alpha value is -4.19. The fourth-order valence-electron chi connectivity index (χ4n) is 5.04. The van der Waals surface area contributed by atoms with Crippen molar-refractivity contribution in [2.24, 2.45) is 0 Å². The van der Waals surface area contributed by atoms with Gasteiger partial charge in [-0.2, -0.15) is 0 Å². The first-order valence-corrected chi connectivity index (χ1v) is 12.2. The molecule has 1 aromatic heterocycles. The van der Waals surface area contributed by atoms with Crippen molar-refractivity contribution < 1.29 is 19.1 Å². The monoisotopic (exact) mass is 480 g/mol. The van der Waals surface area contributed by atoms with Crippen molar-refractivity contribution in [3.8, 4) is 5.75 Å². The van der Waals surface area contributed by atoms with E-state index in [-0.39, 0.29) is 24.9 Å². The van der Waals surface area contributed by atoms with Crippen molar-refractivity contribution in [3.63, 3.8) is 0 Å². The van der Waals surface area contributed by atoms with Gasteiger partial charge in [-0.25, -0.2) is 4.79 Å². The molecule has 0 spiro atoms. The molecule has 2 heterocycles. The molecule has 2 atom stereocenters. The minimum absolute atomic E-state index is 0.0386. The van der Waals surface area contributed by atoms with Crippen LogP contribution in [0, 0.1) is 0 Å². The largest absolute Gasteiger partial charge is 0.490 e. The molecule has 0 radical (unpaired) electrons. The summed E-state index contributed by atoms with van der Waals surface area (Å²) < 4.78 is 11.3. The van der Waals surface area contributed by atoms with Crippen LogP contribution in [0.15, 0.2) is 108 Å². The summed E-state index contributed by atoms with van der Waals surface area (Å²) in [5, 5.41) is 3.38. The molecule has 0 unspecified atom stereocenters. The van der Waals surface area contributed by atoms with E-state index in [1.807, 2.05) is 67.6 Å². The average molecular weight is 481 g/mol. The third-order valence-electron chi connectivity index (χ3n) is 6.66. The fraction of sp³-hybridized carbons (Fsp3) is 0.233. The zero-order valence-corrected chi connectivity index (χ0v) is 20.1. The Morgan fingerprint density at radius 1 is 0.944 bits per heavy atom. The number of nitrogens with one attached hydrogen (secondary N) is 1. The van der Waals surface area contributed by atoms with Gasteiger partial charge in [0.15, 0.2) is 5.78 Å². The molecule has 0 saturated carbocycles. The predicted octanol–water partition coefficient (Wildman–Crippen LogP) is 5.07. The Labute approximate surface area is 210 Å². The van der Waals surface area contributed by atoms with Crippen LogP contribution in [0.4, 0.5) is 0 Å². The van der Waals surface area contributed by atoms with Crippen LogP contribution in [0.25, 0.3) is 0 Å².